The van der Waals surface area contributed by atoms with Gasteiger partial charge in [-0.3, -0.25) is 9.59 Å². The molecule has 0 unspecified atom stereocenters. The third-order valence-electron chi connectivity index (χ3n) is 3.83. The second kappa shape index (κ2) is 7.00. The number of allylic oxidation sites excluding steroid dienone is 6. The Morgan fingerprint density at radius 1 is 1.10 bits per heavy atom. The molecule has 1 aliphatic rings. The highest BCUT2D eigenvalue weighted by Gasteiger charge is 2.26. The van der Waals surface area contributed by atoms with Crippen molar-refractivity contribution in [2.75, 3.05) is 0 Å². The predicted octanol–water partition coefficient (Wildman–Crippen LogP) is 3.82. The maximum atomic E-state index is 12.2. The molecule has 0 N–H and O–H groups in total. The number of nitriles is 1. The van der Waals surface area contributed by atoms with E-state index in [0.717, 1.165) is 18.4 Å². The molecule has 3 nitrogen and oxygen atoms in total. The number of carbonyl (C=O) groups is 2. The second-order valence-corrected chi connectivity index (χ2v) is 5.28. The highest BCUT2D eigenvalue weighted by atomic mass is 16.1. The van der Waals surface area contributed by atoms with Crippen molar-refractivity contribution in [1.29, 1.82) is 5.26 Å². The van der Waals surface area contributed by atoms with Gasteiger partial charge in [0.15, 0.2) is 11.6 Å². The monoisotopic (exact) mass is 271 g/mol. The van der Waals surface area contributed by atoms with E-state index in [1.54, 1.807) is 20.8 Å². The van der Waals surface area contributed by atoms with Gasteiger partial charge < -0.3 is 0 Å². The van der Waals surface area contributed by atoms with Gasteiger partial charge in [0.25, 0.3) is 0 Å². The zero-order valence-electron chi connectivity index (χ0n) is 12.7. The Balaban J connectivity index is 2.82. The van der Waals surface area contributed by atoms with Crippen LogP contribution in [0.5, 0.6) is 0 Å². The molecule has 0 atom stereocenters. The SMILES string of the molecule is CC1=C(C)C(=O)C(C/C=C(\C)CCCC#N)=C(C)C1=O. The zero-order valence-corrected chi connectivity index (χ0v) is 12.7. The Morgan fingerprint density at radius 2 is 1.70 bits per heavy atom. The zero-order chi connectivity index (χ0) is 15.3. The van der Waals surface area contributed by atoms with Crippen molar-refractivity contribution in [1.82, 2.24) is 0 Å². The van der Waals surface area contributed by atoms with E-state index >= 15 is 0 Å². The van der Waals surface area contributed by atoms with Crippen LogP contribution in [0.3, 0.4) is 0 Å². The van der Waals surface area contributed by atoms with E-state index in [-0.39, 0.29) is 11.6 Å². The van der Waals surface area contributed by atoms with E-state index in [9.17, 15) is 9.59 Å². The van der Waals surface area contributed by atoms with Crippen LogP contribution in [-0.4, -0.2) is 11.6 Å². The Kier molecular flexibility index (Phi) is 5.64. The first kappa shape index (κ1) is 16.1. The molecule has 0 fully saturated rings. The first-order valence-corrected chi connectivity index (χ1v) is 6.89. The summed E-state index contributed by atoms with van der Waals surface area (Å²) in [7, 11) is 0. The molecule has 1 rings (SSSR count). The molecular weight excluding hydrogens is 250 g/mol. The summed E-state index contributed by atoms with van der Waals surface area (Å²) < 4.78 is 0. The predicted molar refractivity (Wildman–Crippen MR) is 78.9 cm³/mol. The van der Waals surface area contributed by atoms with Gasteiger partial charge in [0.05, 0.1) is 6.07 Å². The Hall–Kier alpha value is -1.95. The Morgan fingerprint density at radius 3 is 2.30 bits per heavy atom. The number of hydrogen-bond acceptors (Lipinski definition) is 3. The van der Waals surface area contributed by atoms with E-state index in [2.05, 4.69) is 6.07 Å². The maximum absolute atomic E-state index is 12.2. The summed E-state index contributed by atoms with van der Waals surface area (Å²) in [5.41, 5.74) is 3.46. The van der Waals surface area contributed by atoms with Crippen LogP contribution in [0.25, 0.3) is 0 Å². The molecule has 0 aromatic carbocycles. The van der Waals surface area contributed by atoms with Crippen molar-refractivity contribution in [2.24, 2.45) is 0 Å². The van der Waals surface area contributed by atoms with Gasteiger partial charge in [0.2, 0.25) is 0 Å². The summed E-state index contributed by atoms with van der Waals surface area (Å²) in [4.78, 5) is 24.2. The summed E-state index contributed by atoms with van der Waals surface area (Å²) in [5.74, 6) is -0.0340. The number of ketones is 2. The van der Waals surface area contributed by atoms with Crippen molar-refractivity contribution in [2.45, 2.75) is 53.4 Å². The summed E-state index contributed by atoms with van der Waals surface area (Å²) >= 11 is 0. The van der Waals surface area contributed by atoms with Gasteiger partial charge in [-0.05, 0) is 47.0 Å². The maximum Gasteiger partial charge on any atom is 0.185 e. The second-order valence-electron chi connectivity index (χ2n) is 5.28. The molecule has 0 bridgehead atoms. The fourth-order valence-electron chi connectivity index (χ4n) is 2.23. The third-order valence-corrected chi connectivity index (χ3v) is 3.83. The summed E-state index contributed by atoms with van der Waals surface area (Å²) in [5, 5.41) is 8.50. The lowest BCUT2D eigenvalue weighted by Crippen LogP contribution is -2.20. The van der Waals surface area contributed by atoms with Gasteiger partial charge in [-0.15, -0.1) is 0 Å². The van der Waals surface area contributed by atoms with Gasteiger partial charge in [-0.2, -0.15) is 5.26 Å². The van der Waals surface area contributed by atoms with Gasteiger partial charge in [0, 0.05) is 28.7 Å². The minimum Gasteiger partial charge on any atom is -0.289 e. The number of hydrogen-bond donors (Lipinski definition) is 0. The average molecular weight is 271 g/mol. The number of rotatable bonds is 5. The van der Waals surface area contributed by atoms with Gasteiger partial charge in [-0.25, -0.2) is 0 Å². The molecule has 0 heterocycles. The summed E-state index contributed by atoms with van der Waals surface area (Å²) in [6, 6.07) is 2.12. The third kappa shape index (κ3) is 3.54. The molecular formula is C17H21NO2. The topological polar surface area (TPSA) is 57.9 Å². The minimum absolute atomic E-state index is 0.0133. The molecule has 0 amide bonds. The highest BCUT2D eigenvalue weighted by molar-refractivity contribution is 6.24. The molecule has 0 aliphatic heterocycles. The Bertz CT molecular complexity index is 568. The van der Waals surface area contributed by atoms with Crippen LogP contribution in [0.1, 0.15) is 53.4 Å². The molecule has 0 radical (unpaired) electrons. The number of unbranched alkanes of at least 4 members (excludes halogenated alkanes) is 1. The standard InChI is InChI=1S/C17H21NO2/c1-11(7-5-6-10-18)8-9-15-14(4)16(19)12(2)13(3)17(15)20/h8H,5-7,9H2,1-4H3/b11-8+. The fraction of sp³-hybridized carbons (Fsp3) is 0.471. The van der Waals surface area contributed by atoms with Crippen LogP contribution < -0.4 is 0 Å². The highest BCUT2D eigenvalue weighted by Crippen LogP contribution is 2.26. The fourth-order valence-corrected chi connectivity index (χ4v) is 2.23. The quantitative estimate of drug-likeness (QED) is 0.434. The largest absolute Gasteiger partial charge is 0.289 e. The van der Waals surface area contributed by atoms with E-state index in [0.29, 0.717) is 35.1 Å². The smallest absolute Gasteiger partial charge is 0.185 e. The average Bonchev–Trinajstić information content (AvgIpc) is 2.43. The first-order chi connectivity index (χ1) is 9.40. The molecule has 106 valence electrons. The molecule has 0 saturated carbocycles. The lowest BCUT2D eigenvalue weighted by atomic mass is 9.84. The van der Waals surface area contributed by atoms with Crippen LogP contribution >= 0.6 is 0 Å². The molecule has 0 aromatic heterocycles. The van der Waals surface area contributed by atoms with Gasteiger partial charge in [0.1, 0.15) is 0 Å². The minimum atomic E-state index is -0.0207. The normalized spacial score (nSPS) is 16.9. The molecule has 20 heavy (non-hydrogen) atoms. The lowest BCUT2D eigenvalue weighted by Gasteiger charge is -2.17. The van der Waals surface area contributed by atoms with Crippen LogP contribution in [0, 0.1) is 11.3 Å². The van der Waals surface area contributed by atoms with Crippen molar-refractivity contribution in [3.8, 4) is 6.07 Å². The number of nitrogens with zero attached hydrogens (tertiary/aromatic N) is 1. The van der Waals surface area contributed by atoms with Crippen molar-refractivity contribution >= 4 is 11.6 Å². The molecule has 1 aliphatic carbocycles. The summed E-state index contributed by atoms with van der Waals surface area (Å²) in [6.07, 6.45) is 4.73. The van der Waals surface area contributed by atoms with E-state index in [1.165, 1.54) is 0 Å². The van der Waals surface area contributed by atoms with E-state index in [4.69, 9.17) is 5.26 Å². The van der Waals surface area contributed by atoms with Crippen molar-refractivity contribution in [3.05, 3.63) is 33.9 Å². The van der Waals surface area contributed by atoms with Crippen LogP contribution in [0.4, 0.5) is 0 Å². The first-order valence-electron chi connectivity index (χ1n) is 6.89. The molecule has 0 saturated heterocycles. The van der Waals surface area contributed by atoms with Crippen molar-refractivity contribution < 1.29 is 9.59 Å². The van der Waals surface area contributed by atoms with Crippen molar-refractivity contribution in [3.63, 3.8) is 0 Å². The number of carbonyl (C=O) groups excluding carboxylic acids is 2. The Labute approximate surface area is 120 Å². The van der Waals surface area contributed by atoms with E-state index in [1.807, 2.05) is 13.0 Å². The molecule has 0 spiro atoms. The van der Waals surface area contributed by atoms with Crippen LogP contribution in [-0.2, 0) is 9.59 Å². The van der Waals surface area contributed by atoms with Gasteiger partial charge >= 0.3 is 0 Å². The number of Topliss-reactive ketones (excluding diaryl/α,β-unsaturated/α-hetero) is 2. The van der Waals surface area contributed by atoms with Crippen LogP contribution in [0.2, 0.25) is 0 Å². The van der Waals surface area contributed by atoms with Gasteiger partial charge in [-0.1, -0.05) is 11.6 Å². The van der Waals surface area contributed by atoms with Crippen LogP contribution in [0.15, 0.2) is 33.9 Å². The molecule has 0 aromatic rings. The molecule has 3 heteroatoms. The summed E-state index contributed by atoms with van der Waals surface area (Å²) in [6.45, 7) is 7.14. The van der Waals surface area contributed by atoms with E-state index < -0.39 is 0 Å². The lowest BCUT2D eigenvalue weighted by molar-refractivity contribution is -0.116.